The van der Waals surface area contributed by atoms with Crippen LogP contribution in [0.2, 0.25) is 0 Å². The molecule has 1 atom stereocenters. The lowest BCUT2D eigenvalue weighted by molar-refractivity contribution is 0.122. The highest BCUT2D eigenvalue weighted by Gasteiger charge is 2.22. The number of hydrogen-bond acceptors (Lipinski definition) is 5. The summed E-state index contributed by atoms with van der Waals surface area (Å²) >= 11 is 5.02. The van der Waals surface area contributed by atoms with Crippen molar-refractivity contribution in [3.63, 3.8) is 0 Å². The third-order valence-electron chi connectivity index (χ3n) is 3.55. The monoisotopic (exact) mass is 279 g/mol. The number of nitrogens with two attached hydrogens (primary N) is 1. The standard InChI is InChI=1S/C13H21N5S/c1-17-6-7-18(2)10(9-17)8-16-11-4-3-5-15-12(11)13(14)19/h3-5,10,16H,6-9H2,1-2H3,(H2,14,19). The molecule has 1 saturated heterocycles. The van der Waals surface area contributed by atoms with Gasteiger partial charge in [0, 0.05) is 38.4 Å². The van der Waals surface area contributed by atoms with Gasteiger partial charge in [-0.3, -0.25) is 9.88 Å². The van der Waals surface area contributed by atoms with E-state index in [4.69, 9.17) is 18.0 Å². The van der Waals surface area contributed by atoms with Gasteiger partial charge in [-0.2, -0.15) is 0 Å². The summed E-state index contributed by atoms with van der Waals surface area (Å²) in [5, 5.41) is 3.42. The Balaban J connectivity index is 2.00. The van der Waals surface area contributed by atoms with Crippen molar-refractivity contribution in [2.75, 3.05) is 45.6 Å². The Morgan fingerprint density at radius 3 is 3.05 bits per heavy atom. The molecule has 1 unspecified atom stereocenters. The first-order chi connectivity index (χ1) is 9.08. The molecule has 2 heterocycles. The summed E-state index contributed by atoms with van der Waals surface area (Å²) in [5.74, 6) is 0. The average molecular weight is 279 g/mol. The number of rotatable bonds is 4. The van der Waals surface area contributed by atoms with E-state index < -0.39 is 0 Å². The lowest BCUT2D eigenvalue weighted by Gasteiger charge is -2.38. The van der Waals surface area contributed by atoms with Crippen LogP contribution in [0.4, 0.5) is 5.69 Å². The van der Waals surface area contributed by atoms with Gasteiger partial charge in [-0.15, -0.1) is 0 Å². The highest BCUT2D eigenvalue weighted by molar-refractivity contribution is 7.80. The minimum absolute atomic E-state index is 0.331. The molecule has 1 fully saturated rings. The largest absolute Gasteiger partial charge is 0.388 e. The Bertz CT molecular complexity index is 450. The second kappa shape index (κ2) is 6.27. The molecule has 0 amide bonds. The number of piperazine rings is 1. The molecule has 3 N–H and O–H groups in total. The maximum absolute atomic E-state index is 5.68. The van der Waals surface area contributed by atoms with E-state index in [-0.39, 0.29) is 0 Å². The van der Waals surface area contributed by atoms with Crippen LogP contribution in [0.3, 0.4) is 0 Å². The summed E-state index contributed by atoms with van der Waals surface area (Å²) in [6.45, 7) is 4.14. The SMILES string of the molecule is CN1CCN(C)C(CNc2cccnc2C(N)=S)C1. The highest BCUT2D eigenvalue weighted by Crippen LogP contribution is 2.13. The number of pyridine rings is 1. The van der Waals surface area contributed by atoms with Gasteiger partial charge in [-0.05, 0) is 26.2 Å². The van der Waals surface area contributed by atoms with Gasteiger partial charge < -0.3 is 16.0 Å². The first-order valence-corrected chi connectivity index (χ1v) is 6.86. The molecule has 6 heteroatoms. The number of thiocarbonyl (C=S) groups is 1. The summed E-state index contributed by atoms with van der Waals surface area (Å²) in [6.07, 6.45) is 1.71. The van der Waals surface area contributed by atoms with Gasteiger partial charge in [-0.25, -0.2) is 0 Å². The Morgan fingerprint density at radius 2 is 2.32 bits per heavy atom. The van der Waals surface area contributed by atoms with Crippen molar-refractivity contribution >= 4 is 22.9 Å². The number of aromatic nitrogens is 1. The molecular formula is C13H21N5S. The predicted molar refractivity (Wildman–Crippen MR) is 82.5 cm³/mol. The minimum Gasteiger partial charge on any atom is -0.388 e. The molecule has 1 aliphatic rings. The van der Waals surface area contributed by atoms with Crippen molar-refractivity contribution in [3.05, 3.63) is 24.0 Å². The molecule has 5 nitrogen and oxygen atoms in total. The molecule has 0 bridgehead atoms. The fraction of sp³-hybridized carbons (Fsp3) is 0.538. The van der Waals surface area contributed by atoms with E-state index in [1.54, 1.807) is 6.20 Å². The van der Waals surface area contributed by atoms with Crippen LogP contribution in [0, 0.1) is 0 Å². The van der Waals surface area contributed by atoms with Crippen LogP contribution in [0.5, 0.6) is 0 Å². The average Bonchev–Trinajstić information content (AvgIpc) is 2.40. The Hall–Kier alpha value is -1.24. The molecule has 1 aliphatic heterocycles. The van der Waals surface area contributed by atoms with Gasteiger partial charge in [0.05, 0.1) is 5.69 Å². The molecular weight excluding hydrogens is 258 g/mol. The van der Waals surface area contributed by atoms with Crippen LogP contribution < -0.4 is 11.1 Å². The smallest absolute Gasteiger partial charge is 0.124 e. The molecule has 0 aliphatic carbocycles. The van der Waals surface area contributed by atoms with Crippen LogP contribution in [-0.4, -0.2) is 66.1 Å². The number of hydrogen-bond donors (Lipinski definition) is 2. The molecule has 0 aromatic carbocycles. The number of anilines is 1. The molecule has 0 saturated carbocycles. The summed E-state index contributed by atoms with van der Waals surface area (Å²) in [7, 11) is 4.32. The third-order valence-corrected chi connectivity index (χ3v) is 3.74. The number of nitrogens with zero attached hydrogens (tertiary/aromatic N) is 3. The quantitative estimate of drug-likeness (QED) is 0.777. The van der Waals surface area contributed by atoms with Gasteiger partial charge in [-0.1, -0.05) is 12.2 Å². The van der Waals surface area contributed by atoms with Crippen LogP contribution in [-0.2, 0) is 0 Å². The molecule has 0 spiro atoms. The van der Waals surface area contributed by atoms with Crippen LogP contribution in [0.25, 0.3) is 0 Å². The van der Waals surface area contributed by atoms with E-state index in [0.717, 1.165) is 31.9 Å². The van der Waals surface area contributed by atoms with Gasteiger partial charge in [0.1, 0.15) is 10.7 Å². The number of likely N-dealkylation sites (N-methyl/N-ethyl adjacent to an activating group) is 2. The lowest BCUT2D eigenvalue weighted by Crippen LogP contribution is -2.52. The van der Waals surface area contributed by atoms with Crippen molar-refractivity contribution in [2.45, 2.75) is 6.04 Å². The summed E-state index contributed by atoms with van der Waals surface area (Å²) in [4.78, 5) is 9.28. The second-order valence-electron chi connectivity index (χ2n) is 5.04. The predicted octanol–water partition coefficient (Wildman–Crippen LogP) is 0.374. The van der Waals surface area contributed by atoms with Crippen LogP contribution >= 0.6 is 12.2 Å². The maximum Gasteiger partial charge on any atom is 0.124 e. The first kappa shape index (κ1) is 14.2. The zero-order valence-electron chi connectivity index (χ0n) is 11.5. The maximum atomic E-state index is 5.68. The van der Waals surface area contributed by atoms with E-state index in [2.05, 4.69) is 34.2 Å². The van der Waals surface area contributed by atoms with Gasteiger partial charge in [0.25, 0.3) is 0 Å². The van der Waals surface area contributed by atoms with E-state index in [0.29, 0.717) is 16.7 Å². The molecule has 104 valence electrons. The molecule has 19 heavy (non-hydrogen) atoms. The van der Waals surface area contributed by atoms with E-state index in [1.165, 1.54) is 0 Å². The van der Waals surface area contributed by atoms with Crippen LogP contribution in [0.15, 0.2) is 18.3 Å². The van der Waals surface area contributed by atoms with Crippen molar-refractivity contribution < 1.29 is 0 Å². The fourth-order valence-corrected chi connectivity index (χ4v) is 2.46. The van der Waals surface area contributed by atoms with Crippen molar-refractivity contribution in [2.24, 2.45) is 5.73 Å². The molecule has 2 rings (SSSR count). The Labute approximate surface area is 119 Å². The second-order valence-corrected chi connectivity index (χ2v) is 5.48. The van der Waals surface area contributed by atoms with Crippen molar-refractivity contribution in [1.29, 1.82) is 0 Å². The summed E-state index contributed by atoms with van der Waals surface area (Å²) in [6, 6.07) is 4.34. The van der Waals surface area contributed by atoms with Crippen LogP contribution in [0.1, 0.15) is 5.69 Å². The topological polar surface area (TPSA) is 57.4 Å². The highest BCUT2D eigenvalue weighted by atomic mass is 32.1. The van der Waals surface area contributed by atoms with E-state index in [1.807, 2.05) is 12.1 Å². The lowest BCUT2D eigenvalue weighted by atomic mass is 10.2. The van der Waals surface area contributed by atoms with Crippen molar-refractivity contribution in [1.82, 2.24) is 14.8 Å². The zero-order chi connectivity index (χ0) is 13.8. The Morgan fingerprint density at radius 1 is 1.53 bits per heavy atom. The summed E-state index contributed by atoms with van der Waals surface area (Å²) < 4.78 is 0. The number of nitrogens with one attached hydrogen (secondary N) is 1. The van der Waals surface area contributed by atoms with E-state index in [9.17, 15) is 0 Å². The van der Waals surface area contributed by atoms with Gasteiger partial charge in [0.15, 0.2) is 0 Å². The summed E-state index contributed by atoms with van der Waals surface area (Å²) in [5.41, 5.74) is 7.27. The zero-order valence-corrected chi connectivity index (χ0v) is 12.3. The fourth-order valence-electron chi connectivity index (χ4n) is 2.29. The third kappa shape index (κ3) is 3.62. The molecule has 0 radical (unpaired) electrons. The molecule has 1 aromatic rings. The normalized spacial score (nSPS) is 21.3. The first-order valence-electron chi connectivity index (χ1n) is 6.45. The Kier molecular flexibility index (Phi) is 4.68. The molecule has 1 aromatic heterocycles. The van der Waals surface area contributed by atoms with Crippen molar-refractivity contribution in [3.8, 4) is 0 Å². The minimum atomic E-state index is 0.331. The van der Waals surface area contributed by atoms with E-state index >= 15 is 0 Å². The van der Waals surface area contributed by atoms with Gasteiger partial charge >= 0.3 is 0 Å². The van der Waals surface area contributed by atoms with Gasteiger partial charge in [0.2, 0.25) is 0 Å².